The molecule has 9 heteroatoms. The molecule has 2 heterocycles. The van der Waals surface area contributed by atoms with Gasteiger partial charge in [0.25, 0.3) is 0 Å². The third kappa shape index (κ3) is 4.29. The first-order valence-electron chi connectivity index (χ1n) is 9.65. The van der Waals surface area contributed by atoms with Crippen molar-refractivity contribution in [3.63, 3.8) is 0 Å². The molecule has 1 unspecified atom stereocenters. The number of ether oxygens (including phenoxy) is 1. The summed E-state index contributed by atoms with van der Waals surface area (Å²) in [6.45, 7) is 3.58. The Kier molecular flexibility index (Phi) is 6.72. The molecule has 0 fully saturated rings. The molecule has 0 aliphatic rings. The topological polar surface area (TPSA) is 131 Å². The zero-order chi connectivity index (χ0) is 22.5. The Balaban J connectivity index is 2.04. The van der Waals surface area contributed by atoms with E-state index in [0.717, 1.165) is 23.3 Å². The highest BCUT2D eigenvalue weighted by Gasteiger charge is 2.30. The molecule has 3 aromatic rings. The number of aromatic nitrogens is 1. The summed E-state index contributed by atoms with van der Waals surface area (Å²) in [5, 5.41) is 17.0. The van der Waals surface area contributed by atoms with Crippen molar-refractivity contribution >= 4 is 33.8 Å². The van der Waals surface area contributed by atoms with E-state index >= 15 is 0 Å². The lowest BCUT2D eigenvalue weighted by Gasteiger charge is -2.15. The molecule has 8 nitrogen and oxygen atoms in total. The normalized spacial score (nSPS) is 11.5. The summed E-state index contributed by atoms with van der Waals surface area (Å²) < 4.78 is 10.1. The van der Waals surface area contributed by atoms with Gasteiger partial charge in [0.05, 0.1) is 18.4 Å². The molecule has 2 aromatic heterocycles. The third-order valence-corrected chi connectivity index (χ3v) is 5.90. The van der Waals surface area contributed by atoms with Crippen LogP contribution in [0.1, 0.15) is 46.3 Å². The average Bonchev–Trinajstić information content (AvgIpc) is 3.32. The second-order valence-electron chi connectivity index (χ2n) is 6.83. The monoisotopic (exact) mass is 438 g/mol. The number of ketones is 1. The quantitative estimate of drug-likeness (QED) is 0.396. The second kappa shape index (κ2) is 9.45. The first-order chi connectivity index (χ1) is 14.9. The van der Waals surface area contributed by atoms with Gasteiger partial charge in [0.15, 0.2) is 0 Å². The number of nitrogens with one attached hydrogen (secondary N) is 1. The first kappa shape index (κ1) is 22.1. The van der Waals surface area contributed by atoms with Crippen LogP contribution in [-0.2, 0) is 9.53 Å². The van der Waals surface area contributed by atoms with Crippen LogP contribution in [-0.4, -0.2) is 30.1 Å². The van der Waals surface area contributed by atoms with Gasteiger partial charge in [-0.25, -0.2) is 4.79 Å². The van der Waals surface area contributed by atoms with Gasteiger partial charge in [-0.3, -0.25) is 4.79 Å². The van der Waals surface area contributed by atoms with Crippen LogP contribution in [0, 0.1) is 18.3 Å². The van der Waals surface area contributed by atoms with Crippen LogP contribution < -0.4 is 11.1 Å². The molecule has 1 aromatic carbocycles. The number of thiophene rings is 1. The van der Waals surface area contributed by atoms with Gasteiger partial charge in [0, 0.05) is 5.56 Å². The lowest BCUT2D eigenvalue weighted by atomic mass is 10.0. The van der Waals surface area contributed by atoms with E-state index in [-0.39, 0.29) is 21.7 Å². The van der Waals surface area contributed by atoms with Crippen molar-refractivity contribution in [3.05, 3.63) is 52.1 Å². The third-order valence-electron chi connectivity index (χ3n) is 4.77. The fraction of sp³-hybridized carbons (Fsp3) is 0.273. The zero-order valence-corrected chi connectivity index (χ0v) is 18.2. The van der Waals surface area contributed by atoms with Crippen LogP contribution in [0.4, 0.5) is 10.7 Å². The standard InChI is InChI=1S/C22H22N4O4S/c1-4-8-15(22(28)29-3)25-21-14(11-23)17(24)20(31-21)19(27)16-12(2)30-26-18(16)13-9-6-5-7-10-13/h5-7,9-10,15,25H,4,8,24H2,1-3H3. The number of nitrogen functional groups attached to an aromatic ring is 1. The Labute approximate surface area is 183 Å². The smallest absolute Gasteiger partial charge is 0.328 e. The van der Waals surface area contributed by atoms with E-state index in [2.05, 4.69) is 10.5 Å². The van der Waals surface area contributed by atoms with Gasteiger partial charge in [0.2, 0.25) is 5.78 Å². The van der Waals surface area contributed by atoms with Gasteiger partial charge in [-0.05, 0) is 13.3 Å². The largest absolute Gasteiger partial charge is 0.467 e. The summed E-state index contributed by atoms with van der Waals surface area (Å²) in [6.07, 6.45) is 1.23. The van der Waals surface area contributed by atoms with Crippen molar-refractivity contribution in [1.82, 2.24) is 5.16 Å². The van der Waals surface area contributed by atoms with Gasteiger partial charge in [0.1, 0.15) is 39.0 Å². The van der Waals surface area contributed by atoms with Gasteiger partial charge in [-0.2, -0.15) is 5.26 Å². The van der Waals surface area contributed by atoms with Crippen LogP contribution in [0.3, 0.4) is 0 Å². The summed E-state index contributed by atoms with van der Waals surface area (Å²) in [5.41, 5.74) is 7.77. The summed E-state index contributed by atoms with van der Waals surface area (Å²) in [7, 11) is 1.30. The van der Waals surface area contributed by atoms with Crippen LogP contribution in [0.15, 0.2) is 34.9 Å². The zero-order valence-electron chi connectivity index (χ0n) is 17.4. The van der Waals surface area contributed by atoms with Crippen LogP contribution >= 0.6 is 11.3 Å². The lowest BCUT2D eigenvalue weighted by molar-refractivity contribution is -0.141. The Morgan fingerprint density at radius 3 is 2.68 bits per heavy atom. The predicted octanol–water partition coefficient (Wildman–Crippen LogP) is 4.15. The maximum atomic E-state index is 13.4. The molecule has 3 rings (SSSR count). The molecular formula is C22H22N4O4S. The maximum Gasteiger partial charge on any atom is 0.328 e. The number of hydrogen-bond acceptors (Lipinski definition) is 9. The van der Waals surface area contributed by atoms with Crippen molar-refractivity contribution in [2.45, 2.75) is 32.7 Å². The number of esters is 1. The van der Waals surface area contributed by atoms with Gasteiger partial charge in [-0.15, -0.1) is 11.3 Å². The molecule has 0 saturated carbocycles. The molecule has 160 valence electrons. The predicted molar refractivity (Wildman–Crippen MR) is 118 cm³/mol. The maximum absolute atomic E-state index is 13.4. The molecule has 0 saturated heterocycles. The number of benzene rings is 1. The number of hydrogen-bond donors (Lipinski definition) is 2. The summed E-state index contributed by atoms with van der Waals surface area (Å²) >= 11 is 1.03. The van der Waals surface area contributed by atoms with E-state index in [1.807, 2.05) is 43.3 Å². The minimum Gasteiger partial charge on any atom is -0.467 e. The average molecular weight is 439 g/mol. The van der Waals surface area contributed by atoms with Gasteiger partial charge < -0.3 is 20.3 Å². The molecule has 0 spiro atoms. The number of rotatable bonds is 8. The molecule has 0 amide bonds. The summed E-state index contributed by atoms with van der Waals surface area (Å²) in [5.74, 6) is -0.496. The molecule has 0 aliphatic heterocycles. The molecule has 0 bridgehead atoms. The Morgan fingerprint density at radius 2 is 2.06 bits per heavy atom. The van der Waals surface area contributed by atoms with Gasteiger partial charge >= 0.3 is 5.97 Å². The molecule has 3 N–H and O–H groups in total. The highest BCUT2D eigenvalue weighted by molar-refractivity contribution is 7.19. The van der Waals surface area contributed by atoms with E-state index in [0.29, 0.717) is 22.9 Å². The number of methoxy groups -OCH3 is 1. The minimum absolute atomic E-state index is 0.0553. The van der Waals surface area contributed by atoms with Crippen LogP contribution in [0.2, 0.25) is 0 Å². The number of nitrogens with zero attached hydrogens (tertiary/aromatic N) is 2. The van der Waals surface area contributed by atoms with Crippen molar-refractivity contribution in [1.29, 1.82) is 5.26 Å². The minimum atomic E-state index is -0.652. The van der Waals surface area contributed by atoms with E-state index in [9.17, 15) is 14.9 Å². The van der Waals surface area contributed by atoms with Crippen molar-refractivity contribution in [2.24, 2.45) is 0 Å². The van der Waals surface area contributed by atoms with E-state index in [1.165, 1.54) is 7.11 Å². The van der Waals surface area contributed by atoms with Crippen LogP contribution in [0.5, 0.6) is 0 Å². The fourth-order valence-electron chi connectivity index (χ4n) is 3.21. The number of aryl methyl sites for hydroxylation is 1. The molecule has 31 heavy (non-hydrogen) atoms. The molecule has 1 atom stereocenters. The SMILES string of the molecule is CCCC(Nc1sc(C(=O)c2c(-c3ccccc3)noc2C)c(N)c1C#N)C(=O)OC. The number of nitriles is 1. The number of carbonyl (C=O) groups is 2. The molecule has 0 aliphatic carbocycles. The second-order valence-corrected chi connectivity index (χ2v) is 7.85. The lowest BCUT2D eigenvalue weighted by Crippen LogP contribution is -2.30. The van der Waals surface area contributed by atoms with E-state index < -0.39 is 17.8 Å². The number of nitrogens with two attached hydrogens (primary N) is 1. The van der Waals surface area contributed by atoms with Crippen molar-refractivity contribution in [2.75, 3.05) is 18.2 Å². The molecular weight excluding hydrogens is 416 g/mol. The highest BCUT2D eigenvalue weighted by atomic mass is 32.1. The number of carbonyl (C=O) groups excluding carboxylic acids is 2. The van der Waals surface area contributed by atoms with E-state index in [4.69, 9.17) is 15.0 Å². The Hall–Kier alpha value is -3.64. The van der Waals surface area contributed by atoms with Crippen molar-refractivity contribution in [3.8, 4) is 17.3 Å². The highest BCUT2D eigenvalue weighted by Crippen LogP contribution is 2.39. The first-order valence-corrected chi connectivity index (χ1v) is 10.5. The van der Waals surface area contributed by atoms with Crippen molar-refractivity contribution < 1.29 is 18.8 Å². The van der Waals surface area contributed by atoms with Gasteiger partial charge in [-0.1, -0.05) is 48.8 Å². The molecule has 0 radical (unpaired) electrons. The summed E-state index contributed by atoms with van der Waals surface area (Å²) in [6, 6.07) is 10.6. The Bertz CT molecular complexity index is 1140. The van der Waals surface area contributed by atoms with Crippen LogP contribution in [0.25, 0.3) is 11.3 Å². The van der Waals surface area contributed by atoms with E-state index in [1.54, 1.807) is 6.92 Å². The fourth-order valence-corrected chi connectivity index (χ4v) is 4.28. The number of anilines is 2. The summed E-state index contributed by atoms with van der Waals surface area (Å²) in [4.78, 5) is 25.7. The Morgan fingerprint density at radius 1 is 1.35 bits per heavy atom.